The molecule has 0 spiro atoms. The minimum atomic E-state index is -0.0995. The largest absolute Gasteiger partial charge is 0.420 e. The van der Waals surface area contributed by atoms with Crippen molar-refractivity contribution in [3.8, 4) is 0 Å². The van der Waals surface area contributed by atoms with Gasteiger partial charge in [-0.3, -0.25) is 9.69 Å². The van der Waals surface area contributed by atoms with Crippen LogP contribution in [0, 0.1) is 5.92 Å². The Hall–Kier alpha value is -2.34. The van der Waals surface area contributed by atoms with Crippen LogP contribution in [0.5, 0.6) is 0 Å². The van der Waals surface area contributed by atoms with Gasteiger partial charge in [0.2, 0.25) is 0 Å². The van der Waals surface area contributed by atoms with Crippen LogP contribution < -0.4 is 4.90 Å². The van der Waals surface area contributed by atoms with Gasteiger partial charge in [0.05, 0.1) is 6.04 Å². The SMILES string of the molecule is CCN1C(=O)/C(=C\c2ccc(N(CC)CC)cc2)OC1=NC1CN2CCC1C2. The van der Waals surface area contributed by atoms with Crippen molar-refractivity contribution in [3.05, 3.63) is 35.6 Å². The van der Waals surface area contributed by atoms with Crippen LogP contribution in [0.1, 0.15) is 32.8 Å². The number of hydrogen-bond acceptors (Lipinski definition) is 5. The lowest BCUT2D eigenvalue weighted by Crippen LogP contribution is -2.33. The number of hydrogen-bond donors (Lipinski definition) is 0. The van der Waals surface area contributed by atoms with E-state index in [-0.39, 0.29) is 11.9 Å². The van der Waals surface area contributed by atoms with Gasteiger partial charge in [0.15, 0.2) is 5.76 Å². The van der Waals surface area contributed by atoms with Gasteiger partial charge in [0.1, 0.15) is 0 Å². The van der Waals surface area contributed by atoms with E-state index in [9.17, 15) is 4.79 Å². The molecule has 0 aromatic heterocycles. The fourth-order valence-electron chi connectivity index (χ4n) is 4.45. The quantitative estimate of drug-likeness (QED) is 0.710. The van der Waals surface area contributed by atoms with Crippen molar-refractivity contribution in [1.29, 1.82) is 0 Å². The Kier molecular flexibility index (Phi) is 5.40. The second kappa shape index (κ2) is 7.95. The highest BCUT2D eigenvalue weighted by Gasteiger charge is 2.40. The molecular formula is C22H30N4O2. The number of carbonyl (C=O) groups is 1. The maximum atomic E-state index is 12.8. The van der Waals surface area contributed by atoms with E-state index in [0.29, 0.717) is 24.2 Å². The van der Waals surface area contributed by atoms with Crippen LogP contribution in [0.4, 0.5) is 5.69 Å². The predicted molar refractivity (Wildman–Crippen MR) is 112 cm³/mol. The lowest BCUT2D eigenvalue weighted by Gasteiger charge is -2.20. The molecule has 0 N–H and O–H groups in total. The first-order valence-electron chi connectivity index (χ1n) is 10.5. The molecule has 3 atom stereocenters. The van der Waals surface area contributed by atoms with Gasteiger partial charge in [-0.1, -0.05) is 12.1 Å². The summed E-state index contributed by atoms with van der Waals surface area (Å²) in [6, 6.07) is 8.97. The molecule has 3 unspecified atom stereocenters. The van der Waals surface area contributed by atoms with Crippen molar-refractivity contribution >= 4 is 23.7 Å². The first kappa shape index (κ1) is 19.0. The van der Waals surface area contributed by atoms with Gasteiger partial charge >= 0.3 is 6.02 Å². The number of benzene rings is 1. The first-order chi connectivity index (χ1) is 13.6. The summed E-state index contributed by atoms with van der Waals surface area (Å²) in [5.74, 6) is 0.864. The maximum Gasteiger partial charge on any atom is 0.300 e. The van der Waals surface area contributed by atoms with Gasteiger partial charge in [-0.25, -0.2) is 4.99 Å². The zero-order valence-electron chi connectivity index (χ0n) is 17.1. The third-order valence-corrected chi connectivity index (χ3v) is 6.10. The van der Waals surface area contributed by atoms with Crippen LogP contribution in [0.2, 0.25) is 0 Å². The van der Waals surface area contributed by atoms with Crippen LogP contribution in [0.25, 0.3) is 6.08 Å². The standard InChI is InChI=1S/C22H30N4O2/c1-4-25(5-2)18-9-7-16(8-10-18)13-20-21(27)26(6-3)22(28-20)23-19-15-24-12-11-17(19)14-24/h7-10,13,17,19H,4-6,11-12,14-15H2,1-3H3/b20-13+,23-22?. The summed E-state index contributed by atoms with van der Waals surface area (Å²) in [4.78, 5) is 24.0. The normalized spacial score (nSPS) is 29.2. The minimum Gasteiger partial charge on any atom is -0.420 e. The van der Waals surface area contributed by atoms with Crippen molar-refractivity contribution < 1.29 is 9.53 Å². The van der Waals surface area contributed by atoms with Crippen molar-refractivity contribution in [2.24, 2.45) is 10.9 Å². The fourth-order valence-corrected chi connectivity index (χ4v) is 4.45. The van der Waals surface area contributed by atoms with Crippen LogP contribution in [-0.2, 0) is 9.53 Å². The molecule has 3 fully saturated rings. The van der Waals surface area contributed by atoms with E-state index in [4.69, 9.17) is 9.73 Å². The Morgan fingerprint density at radius 2 is 1.93 bits per heavy atom. The van der Waals surface area contributed by atoms with E-state index in [2.05, 4.69) is 35.8 Å². The lowest BCUT2D eigenvalue weighted by molar-refractivity contribution is -0.122. The molecule has 3 aliphatic heterocycles. The molecule has 4 rings (SSSR count). The number of amidine groups is 1. The molecule has 6 heteroatoms. The average Bonchev–Trinajstić information content (AvgIpc) is 3.40. The number of rotatable bonds is 6. The lowest BCUT2D eigenvalue weighted by atomic mass is 10.0. The molecule has 6 nitrogen and oxygen atoms in total. The zero-order chi connectivity index (χ0) is 19.7. The second-order valence-corrected chi connectivity index (χ2v) is 7.71. The Morgan fingerprint density at radius 1 is 1.18 bits per heavy atom. The molecule has 0 aliphatic carbocycles. The number of piperidine rings is 1. The third kappa shape index (κ3) is 3.53. The van der Waals surface area contributed by atoms with Crippen LogP contribution >= 0.6 is 0 Å². The molecular weight excluding hydrogens is 352 g/mol. The van der Waals surface area contributed by atoms with Crippen LogP contribution in [0.15, 0.2) is 35.0 Å². The van der Waals surface area contributed by atoms with Crippen LogP contribution in [-0.4, -0.2) is 67.0 Å². The van der Waals surface area contributed by atoms with Gasteiger partial charge in [-0.05, 0) is 63.4 Å². The monoisotopic (exact) mass is 382 g/mol. The predicted octanol–water partition coefficient (Wildman–Crippen LogP) is 2.81. The summed E-state index contributed by atoms with van der Waals surface area (Å²) in [7, 11) is 0. The molecule has 0 radical (unpaired) electrons. The molecule has 0 saturated carbocycles. The number of aliphatic imine (C=N–C) groups is 1. The number of amides is 1. The molecule has 1 aromatic rings. The third-order valence-electron chi connectivity index (χ3n) is 6.10. The van der Waals surface area contributed by atoms with Crippen LogP contribution in [0.3, 0.4) is 0 Å². The number of anilines is 1. The van der Waals surface area contributed by atoms with Crippen molar-refractivity contribution in [2.75, 3.05) is 44.2 Å². The van der Waals surface area contributed by atoms with E-state index in [1.165, 1.54) is 18.7 Å². The molecule has 150 valence electrons. The summed E-state index contributed by atoms with van der Waals surface area (Å²) >= 11 is 0. The summed E-state index contributed by atoms with van der Waals surface area (Å²) < 4.78 is 5.93. The number of likely N-dealkylation sites (N-methyl/N-ethyl adjacent to an activating group) is 1. The Bertz CT molecular complexity index is 782. The molecule has 3 heterocycles. The minimum absolute atomic E-state index is 0.0995. The molecule has 2 bridgehead atoms. The zero-order valence-corrected chi connectivity index (χ0v) is 17.1. The number of ether oxygens (including phenoxy) is 1. The Morgan fingerprint density at radius 3 is 2.50 bits per heavy atom. The van der Waals surface area contributed by atoms with E-state index >= 15 is 0 Å². The number of nitrogens with zero attached hydrogens (tertiary/aromatic N) is 4. The van der Waals surface area contributed by atoms with Gasteiger partial charge in [-0.2, -0.15) is 0 Å². The molecule has 3 saturated heterocycles. The van der Waals surface area contributed by atoms with Gasteiger partial charge in [0, 0.05) is 38.4 Å². The summed E-state index contributed by atoms with van der Waals surface area (Å²) in [5, 5.41) is 0. The van der Waals surface area contributed by atoms with E-state index < -0.39 is 0 Å². The number of carbonyl (C=O) groups excluding carboxylic acids is 1. The van der Waals surface area contributed by atoms with E-state index in [1.54, 1.807) is 4.90 Å². The highest BCUT2D eigenvalue weighted by atomic mass is 16.5. The van der Waals surface area contributed by atoms with Gasteiger partial charge in [-0.15, -0.1) is 0 Å². The average molecular weight is 383 g/mol. The fraction of sp³-hybridized carbons (Fsp3) is 0.545. The van der Waals surface area contributed by atoms with Crippen molar-refractivity contribution in [1.82, 2.24) is 9.80 Å². The number of fused-ring (bicyclic) bond motifs is 2. The van der Waals surface area contributed by atoms with E-state index in [1.807, 2.05) is 25.1 Å². The van der Waals surface area contributed by atoms with Crippen molar-refractivity contribution in [3.63, 3.8) is 0 Å². The summed E-state index contributed by atoms with van der Waals surface area (Å²) in [5.41, 5.74) is 2.15. The van der Waals surface area contributed by atoms with Gasteiger partial charge < -0.3 is 14.5 Å². The van der Waals surface area contributed by atoms with Crippen molar-refractivity contribution in [2.45, 2.75) is 33.2 Å². The Labute approximate surface area is 167 Å². The smallest absolute Gasteiger partial charge is 0.300 e. The topological polar surface area (TPSA) is 48.4 Å². The summed E-state index contributed by atoms with van der Waals surface area (Å²) in [6.45, 7) is 12.1. The maximum absolute atomic E-state index is 12.8. The first-order valence-corrected chi connectivity index (χ1v) is 10.5. The van der Waals surface area contributed by atoms with E-state index in [0.717, 1.165) is 31.7 Å². The molecule has 28 heavy (non-hydrogen) atoms. The Balaban J connectivity index is 1.52. The highest BCUT2D eigenvalue weighted by molar-refractivity contribution is 6.11. The summed E-state index contributed by atoms with van der Waals surface area (Å²) in [6.07, 6.45) is 3.02. The molecule has 3 aliphatic rings. The second-order valence-electron chi connectivity index (χ2n) is 7.71. The molecule has 1 aromatic carbocycles. The van der Waals surface area contributed by atoms with Gasteiger partial charge in [0.25, 0.3) is 5.91 Å². The molecule has 1 amide bonds. The highest BCUT2D eigenvalue weighted by Crippen LogP contribution is 2.31.